The number of rotatable bonds is 4. The minimum atomic E-state index is 0.436. The Balaban J connectivity index is 1.55. The molecule has 0 aromatic heterocycles. The van der Waals surface area contributed by atoms with Crippen LogP contribution in [0.1, 0.15) is 25.7 Å². The summed E-state index contributed by atoms with van der Waals surface area (Å²) in [5.41, 5.74) is 9.71. The molecule has 0 heterocycles. The Labute approximate surface area is 127 Å². The molecule has 2 aromatic rings. The normalized spacial score (nSPS) is 22.0. The van der Waals surface area contributed by atoms with E-state index in [-0.39, 0.29) is 0 Å². The maximum absolute atomic E-state index is 5.96. The summed E-state index contributed by atoms with van der Waals surface area (Å²) in [6.07, 6.45) is 4.88. The Morgan fingerprint density at radius 2 is 1.43 bits per heavy atom. The average molecular weight is 280 g/mol. The maximum Gasteiger partial charge on any atom is 0.0340 e. The van der Waals surface area contributed by atoms with Crippen LogP contribution in [0.15, 0.2) is 54.6 Å². The minimum Gasteiger partial charge on any atom is -0.385 e. The first-order valence-electron chi connectivity index (χ1n) is 7.96. The van der Waals surface area contributed by atoms with Crippen LogP contribution in [0.25, 0.3) is 11.1 Å². The highest BCUT2D eigenvalue weighted by Gasteiger charge is 2.17. The summed E-state index contributed by atoms with van der Waals surface area (Å²) >= 11 is 0. The van der Waals surface area contributed by atoms with Crippen molar-refractivity contribution in [2.24, 2.45) is 11.7 Å². The molecular weight excluding hydrogens is 256 g/mol. The van der Waals surface area contributed by atoms with E-state index in [2.05, 4.69) is 59.9 Å². The van der Waals surface area contributed by atoms with Crippen LogP contribution >= 0.6 is 0 Å². The minimum absolute atomic E-state index is 0.436. The number of benzene rings is 2. The van der Waals surface area contributed by atoms with Gasteiger partial charge in [0.1, 0.15) is 0 Å². The van der Waals surface area contributed by atoms with Gasteiger partial charge in [-0.1, -0.05) is 42.5 Å². The van der Waals surface area contributed by atoms with Gasteiger partial charge in [0.15, 0.2) is 0 Å². The van der Waals surface area contributed by atoms with Gasteiger partial charge in [-0.25, -0.2) is 0 Å². The highest BCUT2D eigenvalue weighted by molar-refractivity contribution is 5.65. The highest BCUT2D eigenvalue weighted by atomic mass is 14.9. The third-order valence-corrected chi connectivity index (χ3v) is 4.48. The van der Waals surface area contributed by atoms with Crippen molar-refractivity contribution in [3.05, 3.63) is 54.6 Å². The standard InChI is InChI=1S/C19H24N2/c20-18-10-6-15(7-11-18)14-21-19-12-8-17(9-13-19)16-4-2-1-3-5-16/h1-5,8-9,12-13,15,18,21H,6-7,10-11,14,20H2. The summed E-state index contributed by atoms with van der Waals surface area (Å²) < 4.78 is 0. The zero-order valence-electron chi connectivity index (χ0n) is 12.5. The zero-order valence-corrected chi connectivity index (χ0v) is 12.5. The molecule has 2 nitrogen and oxygen atoms in total. The number of anilines is 1. The van der Waals surface area contributed by atoms with Crippen LogP contribution in [0.4, 0.5) is 5.69 Å². The Kier molecular flexibility index (Phi) is 4.56. The predicted octanol–water partition coefficient (Wildman–Crippen LogP) is 4.28. The SMILES string of the molecule is NC1CCC(CNc2ccc(-c3ccccc3)cc2)CC1. The second-order valence-corrected chi connectivity index (χ2v) is 6.11. The van der Waals surface area contributed by atoms with Gasteiger partial charge in [0.05, 0.1) is 0 Å². The van der Waals surface area contributed by atoms with Crippen LogP contribution in [-0.2, 0) is 0 Å². The molecule has 0 amide bonds. The molecule has 0 radical (unpaired) electrons. The summed E-state index contributed by atoms with van der Waals surface area (Å²) in [4.78, 5) is 0. The lowest BCUT2D eigenvalue weighted by atomic mass is 9.86. The van der Waals surface area contributed by atoms with Gasteiger partial charge < -0.3 is 11.1 Å². The molecular formula is C19H24N2. The predicted molar refractivity (Wildman–Crippen MR) is 90.3 cm³/mol. The molecule has 1 aliphatic rings. The van der Waals surface area contributed by atoms with Crippen LogP contribution in [0.2, 0.25) is 0 Å². The molecule has 1 aliphatic carbocycles. The lowest BCUT2D eigenvalue weighted by Gasteiger charge is -2.26. The molecule has 0 spiro atoms. The Bertz CT molecular complexity index is 540. The van der Waals surface area contributed by atoms with Gasteiger partial charge in [-0.05, 0) is 54.9 Å². The molecule has 110 valence electrons. The first-order valence-corrected chi connectivity index (χ1v) is 7.96. The van der Waals surface area contributed by atoms with Crippen LogP contribution in [-0.4, -0.2) is 12.6 Å². The molecule has 3 N–H and O–H groups in total. The van der Waals surface area contributed by atoms with Gasteiger partial charge in [0, 0.05) is 18.3 Å². The van der Waals surface area contributed by atoms with Crippen molar-refractivity contribution in [1.29, 1.82) is 0 Å². The van der Waals surface area contributed by atoms with Crippen molar-refractivity contribution in [3.8, 4) is 11.1 Å². The second kappa shape index (κ2) is 6.77. The molecule has 0 atom stereocenters. The van der Waals surface area contributed by atoms with Gasteiger partial charge in [0.2, 0.25) is 0 Å². The average Bonchev–Trinajstić information content (AvgIpc) is 2.56. The van der Waals surface area contributed by atoms with E-state index in [0.717, 1.165) is 12.5 Å². The number of nitrogens with one attached hydrogen (secondary N) is 1. The lowest BCUT2D eigenvalue weighted by Crippen LogP contribution is -2.29. The first kappa shape index (κ1) is 14.2. The Morgan fingerprint density at radius 1 is 0.810 bits per heavy atom. The maximum atomic E-state index is 5.96. The van der Waals surface area contributed by atoms with Crippen LogP contribution in [0, 0.1) is 5.92 Å². The molecule has 0 saturated heterocycles. The molecule has 1 fully saturated rings. The number of hydrogen-bond donors (Lipinski definition) is 2. The van der Waals surface area contributed by atoms with Crippen LogP contribution in [0.5, 0.6) is 0 Å². The van der Waals surface area contributed by atoms with Gasteiger partial charge in [0.25, 0.3) is 0 Å². The topological polar surface area (TPSA) is 38.0 Å². The van der Waals surface area contributed by atoms with Crippen LogP contribution < -0.4 is 11.1 Å². The van der Waals surface area contributed by atoms with E-state index >= 15 is 0 Å². The fraction of sp³-hybridized carbons (Fsp3) is 0.368. The molecule has 2 aromatic carbocycles. The molecule has 3 rings (SSSR count). The van der Waals surface area contributed by atoms with E-state index in [9.17, 15) is 0 Å². The van der Waals surface area contributed by atoms with Crippen molar-refractivity contribution in [3.63, 3.8) is 0 Å². The first-order chi connectivity index (χ1) is 10.3. The molecule has 0 unspecified atom stereocenters. The van der Waals surface area contributed by atoms with Gasteiger partial charge >= 0.3 is 0 Å². The second-order valence-electron chi connectivity index (χ2n) is 6.11. The molecule has 1 saturated carbocycles. The number of nitrogens with two attached hydrogens (primary N) is 1. The zero-order chi connectivity index (χ0) is 14.5. The van der Waals surface area contributed by atoms with Crippen molar-refractivity contribution in [2.75, 3.05) is 11.9 Å². The largest absolute Gasteiger partial charge is 0.385 e. The van der Waals surface area contributed by atoms with E-state index in [1.54, 1.807) is 0 Å². The third kappa shape index (κ3) is 3.85. The van der Waals surface area contributed by atoms with Crippen molar-refractivity contribution >= 4 is 5.69 Å². The summed E-state index contributed by atoms with van der Waals surface area (Å²) in [6, 6.07) is 19.7. The summed E-state index contributed by atoms with van der Waals surface area (Å²) in [7, 11) is 0. The molecule has 0 bridgehead atoms. The van der Waals surface area contributed by atoms with Gasteiger partial charge in [-0.15, -0.1) is 0 Å². The van der Waals surface area contributed by atoms with Gasteiger partial charge in [-0.3, -0.25) is 0 Å². The van der Waals surface area contributed by atoms with Gasteiger partial charge in [-0.2, -0.15) is 0 Å². The Hall–Kier alpha value is -1.80. The van der Waals surface area contributed by atoms with E-state index in [1.165, 1.54) is 42.5 Å². The quantitative estimate of drug-likeness (QED) is 0.877. The summed E-state index contributed by atoms with van der Waals surface area (Å²) in [5.74, 6) is 0.776. The van der Waals surface area contributed by atoms with E-state index in [1.807, 2.05) is 0 Å². The fourth-order valence-corrected chi connectivity index (χ4v) is 3.07. The monoisotopic (exact) mass is 280 g/mol. The van der Waals surface area contributed by atoms with Crippen molar-refractivity contribution in [1.82, 2.24) is 0 Å². The van der Waals surface area contributed by atoms with Crippen molar-refractivity contribution < 1.29 is 0 Å². The van der Waals surface area contributed by atoms with E-state index in [4.69, 9.17) is 5.73 Å². The van der Waals surface area contributed by atoms with E-state index < -0.39 is 0 Å². The van der Waals surface area contributed by atoms with Crippen LogP contribution in [0.3, 0.4) is 0 Å². The molecule has 21 heavy (non-hydrogen) atoms. The lowest BCUT2D eigenvalue weighted by molar-refractivity contribution is 0.339. The summed E-state index contributed by atoms with van der Waals surface area (Å²) in [5, 5.41) is 3.57. The number of hydrogen-bond acceptors (Lipinski definition) is 2. The fourth-order valence-electron chi connectivity index (χ4n) is 3.07. The van der Waals surface area contributed by atoms with E-state index in [0.29, 0.717) is 6.04 Å². The molecule has 0 aliphatic heterocycles. The Morgan fingerprint density at radius 3 is 2.10 bits per heavy atom. The highest BCUT2D eigenvalue weighted by Crippen LogP contribution is 2.25. The third-order valence-electron chi connectivity index (χ3n) is 4.48. The van der Waals surface area contributed by atoms with Crippen molar-refractivity contribution in [2.45, 2.75) is 31.7 Å². The summed E-state index contributed by atoms with van der Waals surface area (Å²) in [6.45, 7) is 1.07. The smallest absolute Gasteiger partial charge is 0.0340 e. The molecule has 2 heteroatoms.